The van der Waals surface area contributed by atoms with E-state index in [1.165, 1.54) is 77.5 Å². The van der Waals surface area contributed by atoms with Crippen LogP contribution in [0.4, 0.5) is 17.1 Å². The average Bonchev–Trinajstić information content (AvgIpc) is 3.49. The fourth-order valence-electron chi connectivity index (χ4n) is 8.78. The molecule has 1 nitrogen and oxygen atoms in total. The Hall–Kier alpha value is -6.96. The predicted octanol–water partition coefficient (Wildman–Crippen LogP) is 15.3. The van der Waals surface area contributed by atoms with Crippen LogP contribution in [0.5, 0.6) is 0 Å². The first kappa shape index (κ1) is 33.6. The highest BCUT2D eigenvalue weighted by Crippen LogP contribution is 2.52. The maximum absolute atomic E-state index is 2.47. The van der Waals surface area contributed by atoms with Crippen molar-refractivity contribution in [3.63, 3.8) is 0 Å². The third-order valence-corrected chi connectivity index (χ3v) is 11.7. The molecule has 0 atom stereocenters. The maximum atomic E-state index is 2.47. The number of rotatable bonds is 7. The zero-order chi connectivity index (χ0) is 37.6. The van der Waals surface area contributed by atoms with Crippen molar-refractivity contribution in [2.75, 3.05) is 4.90 Å². The van der Waals surface area contributed by atoms with E-state index in [-0.39, 0.29) is 5.41 Å². The number of hydrogen-bond acceptors (Lipinski definition) is 1. The van der Waals surface area contributed by atoms with E-state index in [1.807, 2.05) is 0 Å². The first-order valence-electron chi connectivity index (χ1n) is 19.5. The van der Waals surface area contributed by atoms with Gasteiger partial charge in [0.2, 0.25) is 0 Å². The largest absolute Gasteiger partial charge is 0.310 e. The lowest BCUT2D eigenvalue weighted by Crippen LogP contribution is -2.17. The second kappa shape index (κ2) is 13.7. The molecule has 0 bridgehead atoms. The highest BCUT2D eigenvalue weighted by atomic mass is 15.1. The van der Waals surface area contributed by atoms with Crippen molar-refractivity contribution in [3.05, 3.63) is 223 Å². The van der Waals surface area contributed by atoms with E-state index in [4.69, 9.17) is 0 Å². The van der Waals surface area contributed by atoms with Gasteiger partial charge in [0, 0.05) is 22.4 Å². The summed E-state index contributed by atoms with van der Waals surface area (Å²) in [6.45, 7) is 4.72. The molecule has 0 aromatic heterocycles. The molecule has 0 spiro atoms. The molecule has 0 aliphatic heterocycles. The summed E-state index contributed by atoms with van der Waals surface area (Å²) in [4.78, 5) is 2.47. The summed E-state index contributed by atoms with van der Waals surface area (Å²) in [7, 11) is 0. The normalized spacial score (nSPS) is 12.6. The Morgan fingerprint density at radius 1 is 0.321 bits per heavy atom. The molecule has 0 radical (unpaired) electrons. The van der Waals surface area contributed by atoms with Crippen LogP contribution in [0.3, 0.4) is 0 Å². The Bertz CT molecular complexity index is 2850. The zero-order valence-electron chi connectivity index (χ0n) is 31.7. The Labute approximate surface area is 329 Å². The number of fused-ring (bicyclic) bond motifs is 4. The molecule has 1 heteroatoms. The zero-order valence-corrected chi connectivity index (χ0v) is 31.7. The number of hydrogen-bond donors (Lipinski definition) is 0. The molecule has 1 aliphatic carbocycles. The molecule has 0 saturated carbocycles. The van der Waals surface area contributed by atoms with Gasteiger partial charge in [0.1, 0.15) is 0 Å². The van der Waals surface area contributed by atoms with Crippen molar-refractivity contribution >= 4 is 27.8 Å². The summed E-state index contributed by atoms with van der Waals surface area (Å²) >= 11 is 0. The van der Waals surface area contributed by atoms with Gasteiger partial charge in [0.25, 0.3) is 0 Å². The van der Waals surface area contributed by atoms with Gasteiger partial charge in [-0.05, 0) is 108 Å². The molecule has 0 heterocycles. The van der Waals surface area contributed by atoms with Crippen LogP contribution in [0.2, 0.25) is 0 Å². The topological polar surface area (TPSA) is 3.24 Å². The Morgan fingerprint density at radius 2 is 0.839 bits per heavy atom. The summed E-state index contributed by atoms with van der Waals surface area (Å²) < 4.78 is 0. The van der Waals surface area contributed by atoms with Crippen molar-refractivity contribution in [2.24, 2.45) is 0 Å². The van der Waals surface area contributed by atoms with E-state index in [0.717, 1.165) is 17.1 Å². The van der Waals surface area contributed by atoms with E-state index in [2.05, 4.69) is 231 Å². The summed E-state index contributed by atoms with van der Waals surface area (Å²) in [6.07, 6.45) is 0. The Balaban J connectivity index is 1.20. The standard InChI is InChI=1S/C55H41N/c1-55(2)51-22-12-11-20-49(51)50-35-34-47(37-52(50)55)56(46-32-30-42(31-33-46)39-16-7-4-8-17-39)53-23-13-21-48(43-27-24-41(25-28-43)38-14-5-3-6-15-38)54(53)45-29-26-40-18-9-10-19-44(40)36-45/h3-37H,1-2H3. The van der Waals surface area contributed by atoms with E-state index in [9.17, 15) is 0 Å². The molecule has 0 N–H and O–H groups in total. The van der Waals surface area contributed by atoms with Crippen molar-refractivity contribution in [3.8, 4) is 55.6 Å². The molecule has 10 rings (SSSR count). The first-order valence-corrected chi connectivity index (χ1v) is 19.5. The van der Waals surface area contributed by atoms with E-state index in [0.29, 0.717) is 0 Å². The summed E-state index contributed by atoms with van der Waals surface area (Å²) in [6, 6.07) is 77.7. The smallest absolute Gasteiger partial charge is 0.0546 e. The quantitative estimate of drug-likeness (QED) is 0.159. The maximum Gasteiger partial charge on any atom is 0.0546 e. The second-order valence-electron chi connectivity index (χ2n) is 15.4. The molecule has 0 unspecified atom stereocenters. The highest BCUT2D eigenvalue weighted by molar-refractivity contribution is 6.00. The van der Waals surface area contributed by atoms with Crippen LogP contribution >= 0.6 is 0 Å². The molecule has 9 aromatic carbocycles. The van der Waals surface area contributed by atoms with Crippen molar-refractivity contribution < 1.29 is 0 Å². The molecular formula is C55H41N. The second-order valence-corrected chi connectivity index (χ2v) is 15.4. The van der Waals surface area contributed by atoms with Gasteiger partial charge in [-0.1, -0.05) is 190 Å². The van der Waals surface area contributed by atoms with Crippen LogP contribution in [0.15, 0.2) is 212 Å². The van der Waals surface area contributed by atoms with Crippen molar-refractivity contribution in [2.45, 2.75) is 19.3 Å². The SMILES string of the molecule is CC1(C)c2ccccc2-c2ccc(N(c3ccc(-c4ccccc4)cc3)c3cccc(-c4ccc(-c5ccccc5)cc4)c3-c3ccc4ccccc4c3)cc21. The van der Waals surface area contributed by atoms with Crippen LogP contribution in [-0.2, 0) is 5.41 Å². The minimum atomic E-state index is -0.131. The highest BCUT2D eigenvalue weighted by Gasteiger charge is 2.36. The lowest BCUT2D eigenvalue weighted by molar-refractivity contribution is 0.660. The van der Waals surface area contributed by atoms with Gasteiger partial charge in [-0.15, -0.1) is 0 Å². The van der Waals surface area contributed by atoms with Crippen LogP contribution in [0.1, 0.15) is 25.0 Å². The minimum Gasteiger partial charge on any atom is -0.310 e. The monoisotopic (exact) mass is 715 g/mol. The van der Waals surface area contributed by atoms with Crippen LogP contribution in [0.25, 0.3) is 66.4 Å². The van der Waals surface area contributed by atoms with Gasteiger partial charge in [0.15, 0.2) is 0 Å². The molecule has 0 saturated heterocycles. The predicted molar refractivity (Wildman–Crippen MR) is 238 cm³/mol. The van der Waals surface area contributed by atoms with Crippen LogP contribution in [0, 0.1) is 0 Å². The van der Waals surface area contributed by atoms with Crippen LogP contribution < -0.4 is 4.90 Å². The van der Waals surface area contributed by atoms with Gasteiger partial charge >= 0.3 is 0 Å². The number of nitrogens with zero attached hydrogens (tertiary/aromatic N) is 1. The molecule has 1 aliphatic rings. The van der Waals surface area contributed by atoms with E-state index < -0.39 is 0 Å². The molecule has 0 amide bonds. The minimum absolute atomic E-state index is 0.131. The fourth-order valence-corrected chi connectivity index (χ4v) is 8.78. The Kier molecular flexibility index (Phi) is 8.23. The van der Waals surface area contributed by atoms with Gasteiger partial charge in [-0.2, -0.15) is 0 Å². The number of anilines is 3. The van der Waals surface area contributed by atoms with Crippen molar-refractivity contribution in [1.82, 2.24) is 0 Å². The Morgan fingerprint density at radius 3 is 1.55 bits per heavy atom. The number of benzene rings is 9. The summed E-state index contributed by atoms with van der Waals surface area (Å²) in [5.41, 5.74) is 18.2. The van der Waals surface area contributed by atoms with E-state index in [1.54, 1.807) is 0 Å². The lowest BCUT2D eigenvalue weighted by atomic mass is 9.82. The molecule has 266 valence electrons. The van der Waals surface area contributed by atoms with E-state index >= 15 is 0 Å². The van der Waals surface area contributed by atoms with Crippen molar-refractivity contribution in [1.29, 1.82) is 0 Å². The fraction of sp³-hybridized carbons (Fsp3) is 0.0545. The van der Waals surface area contributed by atoms with Gasteiger partial charge in [-0.3, -0.25) is 0 Å². The molecular weight excluding hydrogens is 675 g/mol. The van der Waals surface area contributed by atoms with Gasteiger partial charge in [0.05, 0.1) is 5.69 Å². The van der Waals surface area contributed by atoms with Crippen LogP contribution in [-0.4, -0.2) is 0 Å². The molecule has 9 aromatic rings. The van der Waals surface area contributed by atoms with Gasteiger partial charge < -0.3 is 4.90 Å². The first-order chi connectivity index (χ1) is 27.5. The third-order valence-electron chi connectivity index (χ3n) is 11.7. The molecule has 56 heavy (non-hydrogen) atoms. The lowest BCUT2D eigenvalue weighted by Gasteiger charge is -2.31. The average molecular weight is 716 g/mol. The summed E-state index contributed by atoms with van der Waals surface area (Å²) in [5.74, 6) is 0. The third kappa shape index (κ3) is 5.81. The van der Waals surface area contributed by atoms with Gasteiger partial charge in [-0.25, -0.2) is 0 Å². The molecule has 0 fully saturated rings. The summed E-state index contributed by atoms with van der Waals surface area (Å²) in [5, 5.41) is 2.46.